The Morgan fingerprint density at radius 3 is 2.33 bits per heavy atom. The monoisotopic (exact) mass is 411 g/mol. The lowest BCUT2D eigenvalue weighted by molar-refractivity contribution is 0.572. The summed E-state index contributed by atoms with van der Waals surface area (Å²) in [6, 6.07) is 18.2. The lowest BCUT2D eigenvalue weighted by Crippen LogP contribution is -2.33. The van der Waals surface area contributed by atoms with Crippen molar-refractivity contribution >= 4 is 34.4 Å². The van der Waals surface area contributed by atoms with Crippen LogP contribution >= 0.6 is 34.4 Å². The second kappa shape index (κ2) is 8.81. The Hall–Kier alpha value is -0.520. The van der Waals surface area contributed by atoms with Gasteiger partial charge in [0.05, 0.1) is 0 Å². The number of hydrogen-bond acceptors (Lipinski definition) is 2. The van der Waals surface area contributed by atoms with Crippen molar-refractivity contribution in [1.82, 2.24) is 5.32 Å². The summed E-state index contributed by atoms with van der Waals surface area (Å²) < 4.78 is 1.30. The number of halogens is 1. The fourth-order valence-corrected chi connectivity index (χ4v) is 3.53. The Morgan fingerprint density at radius 2 is 1.71 bits per heavy atom. The molecule has 112 valence electrons. The summed E-state index contributed by atoms with van der Waals surface area (Å²) in [6.07, 6.45) is 1.09. The minimum absolute atomic E-state index is 0.515. The highest BCUT2D eigenvalue weighted by Gasteiger charge is 2.09. The van der Waals surface area contributed by atoms with E-state index in [0.717, 1.165) is 18.7 Å². The average molecular weight is 411 g/mol. The van der Waals surface area contributed by atoms with E-state index in [4.69, 9.17) is 0 Å². The summed E-state index contributed by atoms with van der Waals surface area (Å²) >= 11 is 4.29. The summed E-state index contributed by atoms with van der Waals surface area (Å²) in [5.41, 5.74) is 2.73. The number of likely N-dealkylation sites (N-methyl/N-ethyl adjacent to an activating group) is 1. The second-order valence-corrected chi connectivity index (χ2v) is 7.55. The van der Waals surface area contributed by atoms with Crippen molar-refractivity contribution in [3.63, 3.8) is 0 Å². The van der Waals surface area contributed by atoms with Gasteiger partial charge in [-0.2, -0.15) is 0 Å². The molecule has 0 amide bonds. The van der Waals surface area contributed by atoms with Crippen LogP contribution in [0.5, 0.6) is 0 Å². The van der Waals surface area contributed by atoms with Gasteiger partial charge in [-0.1, -0.05) is 36.8 Å². The largest absolute Gasteiger partial charge is 0.313 e. The van der Waals surface area contributed by atoms with E-state index in [1.807, 2.05) is 11.8 Å². The summed E-state index contributed by atoms with van der Waals surface area (Å²) in [6.45, 7) is 5.33. The first-order valence-electron chi connectivity index (χ1n) is 7.34. The van der Waals surface area contributed by atoms with Gasteiger partial charge in [0.25, 0.3) is 0 Å². The second-order valence-electron chi connectivity index (χ2n) is 5.21. The predicted molar refractivity (Wildman–Crippen MR) is 102 cm³/mol. The van der Waals surface area contributed by atoms with Crippen LogP contribution in [-0.4, -0.2) is 18.3 Å². The van der Waals surface area contributed by atoms with Gasteiger partial charge < -0.3 is 5.32 Å². The molecule has 0 fully saturated rings. The third-order valence-electron chi connectivity index (χ3n) is 3.36. The fraction of sp³-hybridized carbons (Fsp3) is 0.333. The number of rotatable bonds is 7. The molecule has 0 aliphatic carbocycles. The molecule has 2 aromatic rings. The molecule has 0 saturated carbocycles. The Kier molecular flexibility index (Phi) is 7.07. The first-order valence-corrected chi connectivity index (χ1v) is 9.41. The predicted octanol–water partition coefficient (Wildman–Crippen LogP) is 4.91. The highest BCUT2D eigenvalue weighted by Crippen LogP contribution is 2.20. The molecule has 0 spiro atoms. The smallest absolute Gasteiger partial charge is 0.0201 e. The zero-order valence-electron chi connectivity index (χ0n) is 12.6. The van der Waals surface area contributed by atoms with Gasteiger partial charge in [0.1, 0.15) is 0 Å². The first-order chi connectivity index (χ1) is 10.2. The van der Waals surface area contributed by atoms with Gasteiger partial charge in [-0.15, -0.1) is 11.8 Å². The zero-order valence-corrected chi connectivity index (χ0v) is 15.6. The van der Waals surface area contributed by atoms with Crippen molar-refractivity contribution in [2.75, 3.05) is 12.3 Å². The maximum Gasteiger partial charge on any atom is 0.0201 e. The third kappa shape index (κ3) is 6.01. The maximum absolute atomic E-state index is 3.60. The van der Waals surface area contributed by atoms with Gasteiger partial charge in [-0.05, 0) is 72.3 Å². The van der Waals surface area contributed by atoms with Crippen LogP contribution in [0.1, 0.15) is 18.1 Å². The van der Waals surface area contributed by atoms with Crippen molar-refractivity contribution in [1.29, 1.82) is 0 Å². The molecule has 0 radical (unpaired) electrons. The lowest BCUT2D eigenvalue weighted by atomic mass is 10.1. The molecule has 1 N–H and O–H groups in total. The van der Waals surface area contributed by atoms with Crippen LogP contribution in [-0.2, 0) is 6.42 Å². The minimum atomic E-state index is 0.515. The minimum Gasteiger partial charge on any atom is -0.313 e. The molecule has 3 heteroatoms. The van der Waals surface area contributed by atoms with Crippen LogP contribution in [0.2, 0.25) is 0 Å². The van der Waals surface area contributed by atoms with Crippen molar-refractivity contribution < 1.29 is 0 Å². The molecule has 21 heavy (non-hydrogen) atoms. The molecule has 0 aliphatic rings. The van der Waals surface area contributed by atoms with Crippen molar-refractivity contribution in [3.05, 3.63) is 63.2 Å². The molecular weight excluding hydrogens is 389 g/mol. The van der Waals surface area contributed by atoms with Gasteiger partial charge in [0, 0.05) is 20.3 Å². The Morgan fingerprint density at radius 1 is 1.05 bits per heavy atom. The SMILES string of the molecule is CCNC(CSc1ccc(C)cc1)Cc1ccc(I)cc1. The Bertz CT molecular complexity index is 536. The Labute approximate surface area is 146 Å². The quantitative estimate of drug-likeness (QED) is 0.513. The molecule has 1 unspecified atom stereocenters. The average Bonchev–Trinajstić information content (AvgIpc) is 2.49. The molecule has 2 aromatic carbocycles. The zero-order chi connectivity index (χ0) is 15.1. The number of hydrogen-bond donors (Lipinski definition) is 1. The molecular formula is C18H22INS. The summed E-state index contributed by atoms with van der Waals surface area (Å²) in [5.74, 6) is 1.10. The van der Waals surface area contributed by atoms with Crippen LogP contribution in [0.4, 0.5) is 0 Å². The van der Waals surface area contributed by atoms with Crippen molar-refractivity contribution in [2.45, 2.75) is 31.2 Å². The molecule has 0 saturated heterocycles. The van der Waals surface area contributed by atoms with Crippen LogP contribution in [0.25, 0.3) is 0 Å². The van der Waals surface area contributed by atoms with Crippen LogP contribution < -0.4 is 5.32 Å². The first kappa shape index (κ1) is 16.8. The van der Waals surface area contributed by atoms with Crippen molar-refractivity contribution in [2.24, 2.45) is 0 Å². The molecule has 0 heterocycles. The summed E-state index contributed by atoms with van der Waals surface area (Å²) in [7, 11) is 0. The number of nitrogens with one attached hydrogen (secondary N) is 1. The maximum atomic E-state index is 3.60. The van der Waals surface area contributed by atoms with E-state index in [1.54, 1.807) is 0 Å². The van der Waals surface area contributed by atoms with E-state index in [-0.39, 0.29) is 0 Å². The van der Waals surface area contributed by atoms with E-state index in [9.17, 15) is 0 Å². The normalized spacial score (nSPS) is 12.3. The van der Waals surface area contributed by atoms with Gasteiger partial charge in [-0.3, -0.25) is 0 Å². The Balaban J connectivity index is 1.92. The molecule has 0 bridgehead atoms. The van der Waals surface area contributed by atoms with E-state index >= 15 is 0 Å². The molecule has 1 nitrogen and oxygen atoms in total. The summed E-state index contributed by atoms with van der Waals surface area (Å²) in [5, 5.41) is 3.60. The van der Waals surface area contributed by atoms with Gasteiger partial charge in [-0.25, -0.2) is 0 Å². The highest BCUT2D eigenvalue weighted by molar-refractivity contribution is 14.1. The molecule has 1 atom stereocenters. The van der Waals surface area contributed by atoms with E-state index in [1.165, 1.54) is 19.6 Å². The van der Waals surface area contributed by atoms with Crippen molar-refractivity contribution in [3.8, 4) is 0 Å². The van der Waals surface area contributed by atoms with Crippen LogP contribution in [0, 0.1) is 10.5 Å². The fourth-order valence-electron chi connectivity index (χ4n) is 2.22. The molecule has 0 aliphatic heterocycles. The van der Waals surface area contributed by atoms with E-state index < -0.39 is 0 Å². The van der Waals surface area contributed by atoms with Gasteiger partial charge in [0.15, 0.2) is 0 Å². The van der Waals surface area contributed by atoms with E-state index in [2.05, 4.69) is 90.3 Å². The molecule has 0 aromatic heterocycles. The van der Waals surface area contributed by atoms with Crippen LogP contribution in [0.3, 0.4) is 0 Å². The third-order valence-corrected chi connectivity index (χ3v) is 5.25. The lowest BCUT2D eigenvalue weighted by Gasteiger charge is -2.18. The van der Waals surface area contributed by atoms with E-state index in [0.29, 0.717) is 6.04 Å². The van der Waals surface area contributed by atoms with Crippen LogP contribution in [0.15, 0.2) is 53.4 Å². The molecule has 2 rings (SSSR count). The number of thioether (sulfide) groups is 1. The highest BCUT2D eigenvalue weighted by atomic mass is 127. The standard InChI is InChI=1S/C18H22INS/c1-3-20-17(12-15-6-8-16(19)9-7-15)13-21-18-10-4-14(2)5-11-18/h4-11,17,20H,3,12-13H2,1-2H3. The van der Waals surface area contributed by atoms with Gasteiger partial charge in [0.2, 0.25) is 0 Å². The van der Waals surface area contributed by atoms with Gasteiger partial charge >= 0.3 is 0 Å². The topological polar surface area (TPSA) is 12.0 Å². The summed E-state index contributed by atoms with van der Waals surface area (Å²) in [4.78, 5) is 1.35. The number of benzene rings is 2. The number of aryl methyl sites for hydroxylation is 1.